The molecule has 150 valence electrons. The van der Waals surface area contributed by atoms with E-state index >= 15 is 0 Å². The van der Waals surface area contributed by atoms with Gasteiger partial charge < -0.3 is 15.2 Å². The Balaban J connectivity index is 1.71. The van der Waals surface area contributed by atoms with Crippen LogP contribution in [0, 0.1) is 0 Å². The van der Waals surface area contributed by atoms with Crippen molar-refractivity contribution in [2.24, 2.45) is 0 Å². The van der Waals surface area contributed by atoms with Crippen LogP contribution in [0.2, 0.25) is 0 Å². The maximum Gasteiger partial charge on any atom is 0.411 e. The fourth-order valence-corrected chi connectivity index (χ4v) is 3.50. The third-order valence-corrected chi connectivity index (χ3v) is 4.91. The van der Waals surface area contributed by atoms with Gasteiger partial charge in [-0.3, -0.25) is 5.32 Å². The van der Waals surface area contributed by atoms with Gasteiger partial charge in [0.05, 0.1) is 18.4 Å². The molecule has 0 unspecified atom stereocenters. The molecular formula is C25H22N2O3. The molecule has 0 saturated heterocycles. The molecule has 0 fully saturated rings. The molecule has 4 aromatic rings. The second-order valence-electron chi connectivity index (χ2n) is 6.82. The lowest BCUT2D eigenvalue weighted by Gasteiger charge is -2.18. The van der Waals surface area contributed by atoms with Crippen molar-refractivity contribution < 1.29 is 14.3 Å². The number of ether oxygens (including phenoxy) is 2. The van der Waals surface area contributed by atoms with Gasteiger partial charge in [-0.2, -0.15) is 0 Å². The van der Waals surface area contributed by atoms with Crippen molar-refractivity contribution in [3.63, 3.8) is 0 Å². The Labute approximate surface area is 175 Å². The predicted octanol–water partition coefficient (Wildman–Crippen LogP) is 5.85. The molecule has 0 radical (unpaired) electrons. The predicted molar refractivity (Wildman–Crippen MR) is 121 cm³/mol. The standard InChI is InChI=1S/C25H22N2O3/c1-29-22-13-7-12-21(27-25(28)30-16-17-8-3-2-4-9-17)24(22)23-19-11-6-5-10-18(19)14-15-20(23)26/h2-15H,16,26H2,1H3,(H,27,28). The molecule has 0 spiro atoms. The summed E-state index contributed by atoms with van der Waals surface area (Å²) in [5.41, 5.74) is 9.98. The summed E-state index contributed by atoms with van der Waals surface area (Å²) >= 11 is 0. The van der Waals surface area contributed by atoms with Gasteiger partial charge in [-0.25, -0.2) is 4.79 Å². The van der Waals surface area contributed by atoms with Crippen LogP contribution in [0.5, 0.6) is 5.75 Å². The topological polar surface area (TPSA) is 73.6 Å². The summed E-state index contributed by atoms with van der Waals surface area (Å²) in [7, 11) is 1.59. The number of nitrogens with two attached hydrogens (primary N) is 1. The van der Waals surface area contributed by atoms with Gasteiger partial charge >= 0.3 is 6.09 Å². The average Bonchev–Trinajstić information content (AvgIpc) is 2.78. The molecule has 4 aromatic carbocycles. The number of rotatable bonds is 5. The van der Waals surface area contributed by atoms with E-state index in [0.29, 0.717) is 22.7 Å². The minimum atomic E-state index is -0.549. The number of hydrogen-bond donors (Lipinski definition) is 2. The molecule has 1 amide bonds. The summed E-state index contributed by atoms with van der Waals surface area (Å²) in [6.45, 7) is 0.183. The molecule has 0 atom stereocenters. The zero-order chi connectivity index (χ0) is 20.9. The van der Waals surface area contributed by atoms with Crippen LogP contribution >= 0.6 is 0 Å². The minimum Gasteiger partial charge on any atom is -0.496 e. The Hall–Kier alpha value is -3.99. The van der Waals surface area contributed by atoms with Crippen molar-refractivity contribution >= 4 is 28.2 Å². The van der Waals surface area contributed by atoms with Crippen LogP contribution in [-0.2, 0) is 11.3 Å². The molecular weight excluding hydrogens is 376 g/mol. The molecule has 0 saturated carbocycles. The lowest BCUT2D eigenvalue weighted by Crippen LogP contribution is -2.14. The van der Waals surface area contributed by atoms with Crippen LogP contribution in [-0.4, -0.2) is 13.2 Å². The van der Waals surface area contributed by atoms with Gasteiger partial charge in [0.15, 0.2) is 0 Å². The second-order valence-corrected chi connectivity index (χ2v) is 6.82. The van der Waals surface area contributed by atoms with E-state index in [-0.39, 0.29) is 6.61 Å². The summed E-state index contributed by atoms with van der Waals surface area (Å²) in [5, 5.41) is 4.87. The fraction of sp³-hybridized carbons (Fsp3) is 0.0800. The van der Waals surface area contributed by atoms with Crippen molar-refractivity contribution in [3.8, 4) is 16.9 Å². The summed E-state index contributed by atoms with van der Waals surface area (Å²) < 4.78 is 11.0. The van der Waals surface area contributed by atoms with Gasteiger partial charge in [-0.15, -0.1) is 0 Å². The Morgan fingerprint density at radius 1 is 0.867 bits per heavy atom. The zero-order valence-electron chi connectivity index (χ0n) is 16.6. The summed E-state index contributed by atoms with van der Waals surface area (Å²) in [6, 6.07) is 26.8. The molecule has 0 heterocycles. The Kier molecular flexibility index (Phi) is 5.52. The lowest BCUT2D eigenvalue weighted by atomic mass is 9.94. The highest BCUT2D eigenvalue weighted by Gasteiger charge is 2.19. The van der Waals surface area contributed by atoms with Crippen LogP contribution in [0.15, 0.2) is 84.9 Å². The third-order valence-electron chi connectivity index (χ3n) is 4.91. The van der Waals surface area contributed by atoms with E-state index in [4.69, 9.17) is 15.2 Å². The monoisotopic (exact) mass is 398 g/mol. The van der Waals surface area contributed by atoms with Gasteiger partial charge in [0, 0.05) is 11.3 Å². The van der Waals surface area contributed by atoms with E-state index in [1.54, 1.807) is 7.11 Å². The number of nitrogen functional groups attached to an aromatic ring is 1. The van der Waals surface area contributed by atoms with Crippen LogP contribution in [0.1, 0.15) is 5.56 Å². The molecule has 0 aliphatic carbocycles. The SMILES string of the molecule is COc1cccc(NC(=O)OCc2ccccc2)c1-c1c(N)ccc2ccccc12. The summed E-state index contributed by atoms with van der Waals surface area (Å²) in [4.78, 5) is 12.5. The van der Waals surface area contributed by atoms with E-state index in [9.17, 15) is 4.79 Å². The summed E-state index contributed by atoms with van der Waals surface area (Å²) in [5.74, 6) is 0.610. The molecule has 0 aliphatic rings. The number of carbonyl (C=O) groups is 1. The van der Waals surface area contributed by atoms with E-state index in [2.05, 4.69) is 5.32 Å². The maximum absolute atomic E-state index is 12.5. The van der Waals surface area contributed by atoms with Crippen molar-refractivity contribution in [2.45, 2.75) is 6.61 Å². The molecule has 4 rings (SSSR count). The van der Waals surface area contributed by atoms with Crippen LogP contribution in [0.4, 0.5) is 16.2 Å². The quantitative estimate of drug-likeness (QED) is 0.414. The molecule has 5 nitrogen and oxygen atoms in total. The normalized spacial score (nSPS) is 10.6. The average molecular weight is 398 g/mol. The number of carbonyl (C=O) groups excluding carboxylic acids is 1. The van der Waals surface area contributed by atoms with Crippen molar-refractivity contribution in [3.05, 3.63) is 90.5 Å². The first-order valence-electron chi connectivity index (χ1n) is 9.59. The highest BCUT2D eigenvalue weighted by Crippen LogP contribution is 2.43. The Morgan fingerprint density at radius 2 is 1.63 bits per heavy atom. The maximum atomic E-state index is 12.5. The van der Waals surface area contributed by atoms with Crippen molar-refractivity contribution in [1.29, 1.82) is 0 Å². The van der Waals surface area contributed by atoms with Gasteiger partial charge in [0.25, 0.3) is 0 Å². The molecule has 0 aromatic heterocycles. The van der Waals surface area contributed by atoms with Crippen LogP contribution in [0.25, 0.3) is 21.9 Å². The van der Waals surface area contributed by atoms with Gasteiger partial charge in [0.2, 0.25) is 0 Å². The minimum absolute atomic E-state index is 0.183. The number of amides is 1. The third kappa shape index (κ3) is 3.91. The molecule has 5 heteroatoms. The number of hydrogen-bond acceptors (Lipinski definition) is 4. The van der Waals surface area contributed by atoms with Crippen molar-refractivity contribution in [2.75, 3.05) is 18.2 Å². The Morgan fingerprint density at radius 3 is 2.43 bits per heavy atom. The number of fused-ring (bicyclic) bond motifs is 1. The largest absolute Gasteiger partial charge is 0.496 e. The molecule has 3 N–H and O–H groups in total. The number of benzene rings is 4. The smallest absolute Gasteiger partial charge is 0.411 e. The van der Waals surface area contributed by atoms with E-state index in [1.165, 1.54) is 0 Å². The zero-order valence-corrected chi connectivity index (χ0v) is 16.6. The number of methoxy groups -OCH3 is 1. The van der Waals surface area contributed by atoms with Crippen LogP contribution < -0.4 is 15.8 Å². The number of nitrogens with one attached hydrogen (secondary N) is 1. The first-order chi connectivity index (χ1) is 14.7. The first-order valence-corrected chi connectivity index (χ1v) is 9.59. The van der Waals surface area contributed by atoms with Crippen molar-refractivity contribution in [1.82, 2.24) is 0 Å². The van der Waals surface area contributed by atoms with Crippen LogP contribution in [0.3, 0.4) is 0 Å². The van der Waals surface area contributed by atoms with Gasteiger partial charge in [0.1, 0.15) is 12.4 Å². The first kappa shape index (κ1) is 19.3. The lowest BCUT2D eigenvalue weighted by molar-refractivity contribution is 0.155. The highest BCUT2D eigenvalue weighted by molar-refractivity contribution is 6.08. The Bertz CT molecular complexity index is 1190. The summed E-state index contributed by atoms with van der Waals surface area (Å²) in [6.07, 6.45) is -0.549. The van der Waals surface area contributed by atoms with Gasteiger partial charge in [-0.1, -0.05) is 66.7 Å². The number of anilines is 2. The highest BCUT2D eigenvalue weighted by atomic mass is 16.5. The second kappa shape index (κ2) is 8.57. The van der Waals surface area contributed by atoms with E-state index in [1.807, 2.05) is 84.9 Å². The fourth-order valence-electron chi connectivity index (χ4n) is 3.50. The molecule has 30 heavy (non-hydrogen) atoms. The van der Waals surface area contributed by atoms with E-state index in [0.717, 1.165) is 21.9 Å². The molecule has 0 aliphatic heterocycles. The van der Waals surface area contributed by atoms with E-state index < -0.39 is 6.09 Å². The van der Waals surface area contributed by atoms with Gasteiger partial charge in [-0.05, 0) is 34.5 Å². The molecule has 0 bridgehead atoms.